The van der Waals surface area contributed by atoms with E-state index < -0.39 is 12.0 Å². The van der Waals surface area contributed by atoms with E-state index in [2.05, 4.69) is 31.7 Å². The molecule has 0 aliphatic carbocycles. The number of nitrogens with zero attached hydrogens (tertiary/aromatic N) is 2. The van der Waals surface area contributed by atoms with Crippen molar-refractivity contribution < 1.29 is 14.7 Å². The first-order chi connectivity index (χ1) is 9.54. The molecule has 0 radical (unpaired) electrons. The summed E-state index contributed by atoms with van der Waals surface area (Å²) in [5.74, 6) is -1.00. The maximum atomic E-state index is 11.8. The summed E-state index contributed by atoms with van der Waals surface area (Å²) in [7, 11) is 0. The Morgan fingerprint density at radius 2 is 2.05 bits per heavy atom. The zero-order valence-corrected chi connectivity index (χ0v) is 11.8. The summed E-state index contributed by atoms with van der Waals surface area (Å²) >= 11 is 3.32. The molecule has 3 N–H and O–H groups in total. The van der Waals surface area contributed by atoms with Gasteiger partial charge in [-0.2, -0.15) is 5.10 Å². The van der Waals surface area contributed by atoms with Gasteiger partial charge in [0.05, 0.1) is 17.6 Å². The highest BCUT2D eigenvalue weighted by atomic mass is 79.9. The Hall–Kier alpha value is -2.35. The summed E-state index contributed by atoms with van der Waals surface area (Å²) < 4.78 is 1.98. The summed E-state index contributed by atoms with van der Waals surface area (Å²) in [5.41, 5.74) is 1.04. The number of amides is 2. The number of carbonyl (C=O) groups is 2. The molecule has 104 valence electrons. The van der Waals surface area contributed by atoms with Crippen LogP contribution in [0, 0.1) is 0 Å². The zero-order chi connectivity index (χ0) is 14.5. The van der Waals surface area contributed by atoms with Crippen LogP contribution in [0.4, 0.5) is 16.2 Å². The zero-order valence-electron chi connectivity index (χ0n) is 10.2. The van der Waals surface area contributed by atoms with Gasteiger partial charge in [-0.25, -0.2) is 4.79 Å². The second-order valence-corrected chi connectivity index (χ2v) is 4.73. The number of urea groups is 1. The monoisotopic (exact) mass is 338 g/mol. The molecular formula is C12H11BrN4O3. The third kappa shape index (κ3) is 3.82. The number of aromatic nitrogens is 2. The van der Waals surface area contributed by atoms with Crippen molar-refractivity contribution in [2.75, 3.05) is 10.6 Å². The van der Waals surface area contributed by atoms with Gasteiger partial charge in [0.25, 0.3) is 0 Å². The summed E-state index contributed by atoms with van der Waals surface area (Å²) in [4.78, 5) is 22.3. The number of carbonyl (C=O) groups excluding carboxylic acids is 1. The van der Waals surface area contributed by atoms with Crippen molar-refractivity contribution in [2.24, 2.45) is 0 Å². The Kier molecular flexibility index (Phi) is 4.36. The Balaban J connectivity index is 1.96. The quantitative estimate of drug-likeness (QED) is 0.797. The van der Waals surface area contributed by atoms with Gasteiger partial charge in [0, 0.05) is 10.7 Å². The van der Waals surface area contributed by atoms with Crippen molar-refractivity contribution in [3.8, 4) is 0 Å². The molecule has 0 spiro atoms. The van der Waals surface area contributed by atoms with Crippen LogP contribution < -0.4 is 10.6 Å². The summed E-state index contributed by atoms with van der Waals surface area (Å²) in [6.07, 6.45) is 2.82. The predicted octanol–water partition coefficient (Wildman–Crippen LogP) is 2.37. The standard InChI is InChI=1S/C12H11BrN4O3/c13-9-3-1-2-4-10(9)16-12(20)15-8-5-14-17(6-8)7-11(18)19/h1-6H,7H2,(H,18,19)(H2,15,16,20). The molecule has 2 aromatic rings. The molecule has 0 fully saturated rings. The average Bonchev–Trinajstić information content (AvgIpc) is 2.78. The van der Waals surface area contributed by atoms with Gasteiger partial charge in [-0.3, -0.25) is 9.48 Å². The lowest BCUT2D eigenvalue weighted by Gasteiger charge is -2.07. The second kappa shape index (κ2) is 6.20. The van der Waals surface area contributed by atoms with Gasteiger partial charge < -0.3 is 15.7 Å². The smallest absolute Gasteiger partial charge is 0.325 e. The summed E-state index contributed by atoms with van der Waals surface area (Å²) in [5, 5.41) is 17.7. The number of aliphatic carboxylic acids is 1. The number of carboxylic acid groups (broad SMARTS) is 1. The molecule has 20 heavy (non-hydrogen) atoms. The van der Waals surface area contributed by atoms with Crippen LogP contribution in [0.2, 0.25) is 0 Å². The maximum Gasteiger partial charge on any atom is 0.325 e. The fourth-order valence-electron chi connectivity index (χ4n) is 1.50. The summed E-state index contributed by atoms with van der Waals surface area (Å²) in [6.45, 7) is -0.256. The summed E-state index contributed by atoms with van der Waals surface area (Å²) in [6, 6.07) is 6.75. The number of carboxylic acids is 1. The molecule has 2 rings (SSSR count). The van der Waals surface area contributed by atoms with Crippen LogP contribution in [0.1, 0.15) is 0 Å². The number of benzene rings is 1. The minimum absolute atomic E-state index is 0.256. The molecule has 1 aromatic heterocycles. The number of hydrogen-bond acceptors (Lipinski definition) is 3. The van der Waals surface area contributed by atoms with Gasteiger partial charge in [-0.05, 0) is 28.1 Å². The maximum absolute atomic E-state index is 11.8. The lowest BCUT2D eigenvalue weighted by molar-refractivity contribution is -0.137. The minimum atomic E-state index is -1.00. The predicted molar refractivity (Wildman–Crippen MR) is 76.6 cm³/mol. The fourth-order valence-corrected chi connectivity index (χ4v) is 1.88. The average molecular weight is 339 g/mol. The first kappa shape index (κ1) is 14.1. The van der Waals surface area contributed by atoms with Crippen LogP contribution in [-0.2, 0) is 11.3 Å². The first-order valence-electron chi connectivity index (χ1n) is 5.61. The fraction of sp³-hybridized carbons (Fsp3) is 0.0833. The molecule has 7 nitrogen and oxygen atoms in total. The van der Waals surface area contributed by atoms with Crippen molar-refractivity contribution in [3.05, 3.63) is 41.1 Å². The van der Waals surface area contributed by atoms with Crippen molar-refractivity contribution in [1.29, 1.82) is 0 Å². The molecule has 0 saturated heterocycles. The van der Waals surface area contributed by atoms with E-state index in [1.54, 1.807) is 18.2 Å². The lowest BCUT2D eigenvalue weighted by atomic mass is 10.3. The number of anilines is 2. The van der Waals surface area contributed by atoms with Gasteiger partial charge in [0.1, 0.15) is 6.54 Å². The minimum Gasteiger partial charge on any atom is -0.480 e. The Labute approximate surface area is 122 Å². The van der Waals surface area contributed by atoms with E-state index in [-0.39, 0.29) is 6.54 Å². The molecule has 0 atom stereocenters. The number of rotatable bonds is 4. The SMILES string of the molecule is O=C(O)Cn1cc(NC(=O)Nc2ccccc2Br)cn1. The molecule has 2 amide bonds. The van der Waals surface area contributed by atoms with E-state index in [9.17, 15) is 9.59 Å². The molecule has 0 aliphatic rings. The van der Waals surface area contributed by atoms with E-state index >= 15 is 0 Å². The molecular weight excluding hydrogens is 328 g/mol. The van der Waals surface area contributed by atoms with Crippen LogP contribution in [0.25, 0.3) is 0 Å². The third-order valence-corrected chi connectivity index (χ3v) is 3.00. The van der Waals surface area contributed by atoms with E-state index in [4.69, 9.17) is 5.11 Å². The molecule has 8 heteroatoms. The number of nitrogens with one attached hydrogen (secondary N) is 2. The van der Waals surface area contributed by atoms with Gasteiger partial charge >= 0.3 is 12.0 Å². The van der Waals surface area contributed by atoms with Crippen molar-refractivity contribution in [1.82, 2.24) is 9.78 Å². The number of hydrogen-bond donors (Lipinski definition) is 3. The van der Waals surface area contributed by atoms with Gasteiger partial charge in [-0.15, -0.1) is 0 Å². The molecule has 0 unspecified atom stereocenters. The highest BCUT2D eigenvalue weighted by Crippen LogP contribution is 2.21. The Bertz CT molecular complexity index is 641. The van der Waals surface area contributed by atoms with E-state index in [1.807, 2.05) is 6.07 Å². The highest BCUT2D eigenvalue weighted by molar-refractivity contribution is 9.10. The van der Waals surface area contributed by atoms with Crippen LogP contribution in [-0.4, -0.2) is 26.9 Å². The van der Waals surface area contributed by atoms with E-state index in [1.165, 1.54) is 17.1 Å². The number of para-hydroxylation sites is 1. The lowest BCUT2D eigenvalue weighted by Crippen LogP contribution is -2.19. The van der Waals surface area contributed by atoms with Crippen LogP contribution in [0.15, 0.2) is 41.1 Å². The normalized spacial score (nSPS) is 10.1. The van der Waals surface area contributed by atoms with Gasteiger partial charge in [0.15, 0.2) is 0 Å². The largest absolute Gasteiger partial charge is 0.480 e. The van der Waals surface area contributed by atoms with Crippen molar-refractivity contribution in [2.45, 2.75) is 6.54 Å². The molecule has 0 saturated carbocycles. The van der Waals surface area contributed by atoms with Crippen molar-refractivity contribution in [3.63, 3.8) is 0 Å². The second-order valence-electron chi connectivity index (χ2n) is 3.88. The molecule has 0 aliphatic heterocycles. The van der Waals surface area contributed by atoms with E-state index in [0.29, 0.717) is 11.4 Å². The molecule has 1 aromatic carbocycles. The van der Waals surface area contributed by atoms with Crippen LogP contribution in [0.3, 0.4) is 0 Å². The van der Waals surface area contributed by atoms with Gasteiger partial charge in [-0.1, -0.05) is 12.1 Å². The van der Waals surface area contributed by atoms with Crippen LogP contribution in [0.5, 0.6) is 0 Å². The van der Waals surface area contributed by atoms with Crippen molar-refractivity contribution >= 4 is 39.3 Å². The van der Waals surface area contributed by atoms with Gasteiger partial charge in [0.2, 0.25) is 0 Å². The first-order valence-corrected chi connectivity index (χ1v) is 6.40. The Morgan fingerprint density at radius 1 is 1.30 bits per heavy atom. The molecule has 1 heterocycles. The Morgan fingerprint density at radius 3 is 2.75 bits per heavy atom. The third-order valence-electron chi connectivity index (χ3n) is 2.31. The topological polar surface area (TPSA) is 96.2 Å². The highest BCUT2D eigenvalue weighted by Gasteiger charge is 2.07. The molecule has 0 bridgehead atoms. The van der Waals surface area contributed by atoms with E-state index in [0.717, 1.165) is 4.47 Å². The number of halogens is 1. The van der Waals surface area contributed by atoms with Crippen LogP contribution >= 0.6 is 15.9 Å².